The lowest BCUT2D eigenvalue weighted by Crippen LogP contribution is -2.00. The van der Waals surface area contributed by atoms with Crippen LogP contribution < -0.4 is 0 Å². The van der Waals surface area contributed by atoms with E-state index in [2.05, 4.69) is 31.9 Å². The van der Waals surface area contributed by atoms with Crippen LogP contribution in [0.1, 0.15) is 16.5 Å². The number of rotatable bonds is 2. The molecule has 90 valence electrons. The summed E-state index contributed by atoms with van der Waals surface area (Å²) >= 11 is 13.6. The lowest BCUT2D eigenvalue weighted by molar-refractivity contribution is 0.218. The highest BCUT2D eigenvalue weighted by atomic mass is 79.9. The minimum Gasteiger partial charge on any atom is -0.383 e. The van der Waals surface area contributed by atoms with Gasteiger partial charge in [-0.1, -0.05) is 33.6 Å². The maximum Gasteiger partial charge on any atom is 0.130 e. The Hall–Kier alpha value is 0.0600. The minimum atomic E-state index is -1.00. The average molecular weight is 400 g/mol. The summed E-state index contributed by atoms with van der Waals surface area (Å²) in [7, 11) is 0. The third-order valence-electron chi connectivity index (χ3n) is 2.19. The van der Waals surface area contributed by atoms with Crippen LogP contribution in [-0.2, 0) is 0 Å². The van der Waals surface area contributed by atoms with Gasteiger partial charge in [-0.15, -0.1) is 11.3 Å². The SMILES string of the molecule is OC(c1cc(Cl)c(Br)s1)c1ccc(Br)cc1F. The van der Waals surface area contributed by atoms with Crippen molar-refractivity contribution in [3.8, 4) is 0 Å². The number of hydrogen-bond donors (Lipinski definition) is 1. The summed E-state index contributed by atoms with van der Waals surface area (Å²) in [5.74, 6) is -0.451. The van der Waals surface area contributed by atoms with Gasteiger partial charge in [0.05, 0.1) is 8.81 Å². The van der Waals surface area contributed by atoms with Crippen molar-refractivity contribution >= 4 is 54.8 Å². The van der Waals surface area contributed by atoms with Crippen LogP contribution in [0.5, 0.6) is 0 Å². The summed E-state index contributed by atoms with van der Waals surface area (Å²) < 4.78 is 15.0. The molecule has 6 heteroatoms. The maximum absolute atomic E-state index is 13.7. The van der Waals surface area contributed by atoms with E-state index < -0.39 is 11.9 Å². The molecule has 17 heavy (non-hydrogen) atoms. The van der Waals surface area contributed by atoms with Gasteiger partial charge in [0.2, 0.25) is 0 Å². The standard InChI is InChI=1S/C11H6Br2ClFOS/c12-5-1-2-6(8(15)3-5)10(16)9-4-7(14)11(13)17-9/h1-4,10,16H. The molecule has 0 amide bonds. The Kier molecular flexibility index (Phi) is 4.26. The van der Waals surface area contributed by atoms with E-state index in [0.29, 0.717) is 14.4 Å². The first-order valence-electron chi connectivity index (χ1n) is 4.57. The highest BCUT2D eigenvalue weighted by Crippen LogP contribution is 2.38. The van der Waals surface area contributed by atoms with Crippen molar-refractivity contribution in [2.75, 3.05) is 0 Å². The Labute approximate surface area is 123 Å². The Balaban J connectivity index is 2.39. The second kappa shape index (κ2) is 5.36. The van der Waals surface area contributed by atoms with Crippen LogP contribution in [-0.4, -0.2) is 5.11 Å². The summed E-state index contributed by atoms with van der Waals surface area (Å²) in [6, 6.07) is 6.18. The van der Waals surface area contributed by atoms with Crippen LogP contribution in [0.15, 0.2) is 32.5 Å². The number of aliphatic hydroxyl groups excluding tert-OH is 1. The highest BCUT2D eigenvalue weighted by molar-refractivity contribution is 9.11. The van der Waals surface area contributed by atoms with Crippen molar-refractivity contribution < 1.29 is 9.50 Å². The van der Waals surface area contributed by atoms with Crippen LogP contribution in [0.4, 0.5) is 4.39 Å². The van der Waals surface area contributed by atoms with Gasteiger partial charge in [0.25, 0.3) is 0 Å². The van der Waals surface area contributed by atoms with E-state index in [0.717, 1.165) is 3.79 Å². The zero-order valence-corrected chi connectivity index (χ0v) is 13.0. The van der Waals surface area contributed by atoms with Crippen molar-refractivity contribution in [3.63, 3.8) is 0 Å². The smallest absolute Gasteiger partial charge is 0.130 e. The number of hydrogen-bond acceptors (Lipinski definition) is 2. The molecule has 0 bridgehead atoms. The molecule has 1 atom stereocenters. The van der Waals surface area contributed by atoms with Gasteiger partial charge < -0.3 is 5.11 Å². The Morgan fingerprint density at radius 1 is 1.29 bits per heavy atom. The number of aliphatic hydroxyl groups is 1. The molecule has 0 aliphatic carbocycles. The molecule has 0 saturated carbocycles. The van der Waals surface area contributed by atoms with Gasteiger partial charge in [-0.3, -0.25) is 0 Å². The van der Waals surface area contributed by atoms with E-state index in [1.165, 1.54) is 17.4 Å². The molecule has 0 saturated heterocycles. The summed E-state index contributed by atoms with van der Waals surface area (Å²) in [6.45, 7) is 0. The van der Waals surface area contributed by atoms with E-state index in [9.17, 15) is 9.50 Å². The molecule has 2 rings (SSSR count). The normalized spacial score (nSPS) is 12.8. The van der Waals surface area contributed by atoms with Crippen molar-refractivity contribution in [3.05, 3.63) is 53.8 Å². The summed E-state index contributed by atoms with van der Waals surface area (Å²) in [5, 5.41) is 10.6. The van der Waals surface area contributed by atoms with Gasteiger partial charge in [-0.2, -0.15) is 0 Å². The predicted molar refractivity (Wildman–Crippen MR) is 75.2 cm³/mol. The molecule has 1 aromatic heterocycles. The fourth-order valence-corrected chi connectivity index (χ4v) is 3.46. The lowest BCUT2D eigenvalue weighted by atomic mass is 10.1. The number of benzene rings is 1. The topological polar surface area (TPSA) is 20.2 Å². The third kappa shape index (κ3) is 2.90. The fourth-order valence-electron chi connectivity index (χ4n) is 1.37. The van der Waals surface area contributed by atoms with Gasteiger partial charge in [0.15, 0.2) is 0 Å². The Bertz CT molecular complexity index is 539. The molecule has 1 heterocycles. The zero-order valence-electron chi connectivity index (χ0n) is 8.25. The average Bonchev–Trinajstić information content (AvgIpc) is 2.58. The lowest BCUT2D eigenvalue weighted by Gasteiger charge is -2.10. The highest BCUT2D eigenvalue weighted by Gasteiger charge is 2.18. The second-order valence-electron chi connectivity index (χ2n) is 3.34. The van der Waals surface area contributed by atoms with E-state index in [-0.39, 0.29) is 5.56 Å². The van der Waals surface area contributed by atoms with Crippen LogP contribution in [0.3, 0.4) is 0 Å². The first-order valence-corrected chi connectivity index (χ1v) is 7.35. The predicted octanol–water partition coefficient (Wildman–Crippen LogP) is 5.15. The van der Waals surface area contributed by atoms with Gasteiger partial charge in [-0.05, 0) is 34.1 Å². The number of halogens is 4. The van der Waals surface area contributed by atoms with Crippen molar-refractivity contribution in [1.82, 2.24) is 0 Å². The van der Waals surface area contributed by atoms with Crippen LogP contribution in [0.25, 0.3) is 0 Å². The Morgan fingerprint density at radius 3 is 2.53 bits per heavy atom. The molecular formula is C11H6Br2ClFOS. The van der Waals surface area contributed by atoms with E-state index >= 15 is 0 Å². The molecular weight excluding hydrogens is 394 g/mol. The van der Waals surface area contributed by atoms with Crippen molar-refractivity contribution in [2.45, 2.75) is 6.10 Å². The molecule has 1 nitrogen and oxygen atoms in total. The van der Waals surface area contributed by atoms with Crippen LogP contribution >= 0.6 is 54.8 Å². The van der Waals surface area contributed by atoms with E-state index in [1.54, 1.807) is 18.2 Å². The molecule has 1 aromatic carbocycles. The van der Waals surface area contributed by atoms with Gasteiger partial charge >= 0.3 is 0 Å². The minimum absolute atomic E-state index is 0.235. The van der Waals surface area contributed by atoms with Gasteiger partial charge in [-0.25, -0.2) is 4.39 Å². The quantitative estimate of drug-likeness (QED) is 0.739. The molecule has 0 fully saturated rings. The molecule has 0 aliphatic rings. The van der Waals surface area contributed by atoms with Crippen molar-refractivity contribution in [2.24, 2.45) is 0 Å². The number of thiophene rings is 1. The zero-order chi connectivity index (χ0) is 12.6. The summed E-state index contributed by atoms with van der Waals surface area (Å²) in [5.41, 5.74) is 0.235. The van der Waals surface area contributed by atoms with Gasteiger partial charge in [0, 0.05) is 14.9 Å². The van der Waals surface area contributed by atoms with E-state index in [4.69, 9.17) is 11.6 Å². The molecule has 0 radical (unpaired) electrons. The van der Waals surface area contributed by atoms with Crippen LogP contribution in [0, 0.1) is 5.82 Å². The second-order valence-corrected chi connectivity index (χ2v) is 7.06. The van der Waals surface area contributed by atoms with Crippen LogP contribution in [0.2, 0.25) is 5.02 Å². The summed E-state index contributed by atoms with van der Waals surface area (Å²) in [6.07, 6.45) is -1.00. The van der Waals surface area contributed by atoms with E-state index in [1.807, 2.05) is 0 Å². The summed E-state index contributed by atoms with van der Waals surface area (Å²) in [4.78, 5) is 0.600. The Morgan fingerprint density at radius 2 is 2.00 bits per heavy atom. The maximum atomic E-state index is 13.7. The molecule has 0 aliphatic heterocycles. The molecule has 1 unspecified atom stereocenters. The van der Waals surface area contributed by atoms with Gasteiger partial charge in [0.1, 0.15) is 11.9 Å². The monoisotopic (exact) mass is 398 g/mol. The molecule has 1 N–H and O–H groups in total. The molecule has 2 aromatic rings. The largest absolute Gasteiger partial charge is 0.383 e. The first kappa shape index (κ1) is 13.5. The molecule has 0 spiro atoms. The fraction of sp³-hybridized carbons (Fsp3) is 0.0909. The first-order chi connectivity index (χ1) is 7.99. The van der Waals surface area contributed by atoms with Crippen molar-refractivity contribution in [1.29, 1.82) is 0 Å². The third-order valence-corrected chi connectivity index (χ3v) is 5.21.